The molecule has 9 heavy (non-hydrogen) atoms. The van der Waals surface area contributed by atoms with Gasteiger partial charge in [-0.2, -0.15) is 0 Å². The van der Waals surface area contributed by atoms with E-state index in [1.807, 2.05) is 0 Å². The number of allylic oxidation sites excluding steroid dienone is 3. The van der Waals surface area contributed by atoms with Crippen LogP contribution in [0.2, 0.25) is 0 Å². The molecule has 1 heteroatoms. The van der Waals surface area contributed by atoms with Crippen LogP contribution in [0, 0.1) is 5.92 Å². The van der Waals surface area contributed by atoms with E-state index in [1.54, 1.807) is 0 Å². The highest BCUT2D eigenvalue weighted by Gasteiger charge is 2.11. The SMILES string of the molecule is C=C(O)[C@H]1CC=CCC1. The molecule has 0 aromatic rings. The van der Waals surface area contributed by atoms with E-state index < -0.39 is 0 Å². The molecule has 50 valence electrons. The fraction of sp³-hybridized carbons (Fsp3) is 0.500. The van der Waals surface area contributed by atoms with Crippen molar-refractivity contribution in [2.24, 2.45) is 5.92 Å². The summed E-state index contributed by atoms with van der Waals surface area (Å²) in [6.07, 6.45) is 7.38. The van der Waals surface area contributed by atoms with Crippen LogP contribution >= 0.6 is 0 Å². The predicted molar refractivity (Wildman–Crippen MR) is 38.2 cm³/mol. The first kappa shape index (κ1) is 6.40. The Hall–Kier alpha value is -0.720. The second-order valence-corrected chi connectivity index (χ2v) is 2.47. The molecule has 1 atom stereocenters. The molecule has 0 heterocycles. The van der Waals surface area contributed by atoms with Crippen molar-refractivity contribution in [2.75, 3.05) is 0 Å². The fourth-order valence-corrected chi connectivity index (χ4v) is 1.10. The van der Waals surface area contributed by atoms with Crippen molar-refractivity contribution in [3.05, 3.63) is 24.5 Å². The number of hydrogen-bond acceptors (Lipinski definition) is 1. The van der Waals surface area contributed by atoms with Crippen molar-refractivity contribution in [1.82, 2.24) is 0 Å². The average molecular weight is 124 g/mol. The second-order valence-electron chi connectivity index (χ2n) is 2.47. The molecule has 0 spiro atoms. The van der Waals surface area contributed by atoms with E-state index >= 15 is 0 Å². The van der Waals surface area contributed by atoms with Gasteiger partial charge in [-0.3, -0.25) is 0 Å². The molecular weight excluding hydrogens is 112 g/mol. The molecule has 0 amide bonds. The van der Waals surface area contributed by atoms with Crippen molar-refractivity contribution >= 4 is 0 Å². The first-order valence-electron chi connectivity index (χ1n) is 3.33. The van der Waals surface area contributed by atoms with E-state index in [9.17, 15) is 0 Å². The van der Waals surface area contributed by atoms with E-state index in [4.69, 9.17) is 5.11 Å². The van der Waals surface area contributed by atoms with Crippen LogP contribution in [0.25, 0.3) is 0 Å². The minimum absolute atomic E-state index is 0.329. The summed E-state index contributed by atoms with van der Waals surface area (Å²) >= 11 is 0. The summed E-state index contributed by atoms with van der Waals surface area (Å²) in [6, 6.07) is 0. The number of aliphatic hydroxyl groups excluding tert-OH is 1. The molecule has 0 saturated heterocycles. The average Bonchev–Trinajstić information content (AvgIpc) is 1.90. The van der Waals surface area contributed by atoms with Gasteiger partial charge in [-0.05, 0) is 19.3 Å². The Bertz CT molecular complexity index is 136. The van der Waals surface area contributed by atoms with Crippen molar-refractivity contribution < 1.29 is 5.11 Å². The van der Waals surface area contributed by atoms with Crippen LogP contribution in [0.5, 0.6) is 0 Å². The van der Waals surface area contributed by atoms with Gasteiger partial charge in [0, 0.05) is 5.92 Å². The number of hydrogen-bond donors (Lipinski definition) is 1. The van der Waals surface area contributed by atoms with Gasteiger partial charge >= 0.3 is 0 Å². The molecule has 1 aliphatic rings. The van der Waals surface area contributed by atoms with Gasteiger partial charge in [-0.1, -0.05) is 18.7 Å². The molecule has 1 nitrogen and oxygen atoms in total. The van der Waals surface area contributed by atoms with E-state index in [1.165, 1.54) is 0 Å². The highest BCUT2D eigenvalue weighted by Crippen LogP contribution is 2.22. The molecule has 1 N–H and O–H groups in total. The Morgan fingerprint density at radius 2 is 2.33 bits per heavy atom. The minimum atomic E-state index is 0.329. The predicted octanol–water partition coefficient (Wildman–Crippen LogP) is 2.41. The first-order valence-corrected chi connectivity index (χ1v) is 3.33. The maximum absolute atomic E-state index is 8.95. The van der Waals surface area contributed by atoms with Crippen molar-refractivity contribution in [3.63, 3.8) is 0 Å². The van der Waals surface area contributed by atoms with Gasteiger partial charge in [-0.15, -0.1) is 0 Å². The Labute approximate surface area is 55.7 Å². The molecule has 0 fully saturated rings. The third kappa shape index (κ3) is 1.60. The van der Waals surface area contributed by atoms with Gasteiger partial charge in [0.25, 0.3) is 0 Å². The summed E-state index contributed by atoms with van der Waals surface area (Å²) in [7, 11) is 0. The topological polar surface area (TPSA) is 20.2 Å². The van der Waals surface area contributed by atoms with Gasteiger partial charge in [0.05, 0.1) is 5.76 Å². The van der Waals surface area contributed by atoms with Gasteiger partial charge < -0.3 is 5.11 Å². The van der Waals surface area contributed by atoms with Crippen LogP contribution in [-0.4, -0.2) is 5.11 Å². The van der Waals surface area contributed by atoms with E-state index in [0.29, 0.717) is 11.7 Å². The minimum Gasteiger partial charge on any atom is -0.513 e. The lowest BCUT2D eigenvalue weighted by atomic mass is 9.93. The fourth-order valence-electron chi connectivity index (χ4n) is 1.10. The lowest BCUT2D eigenvalue weighted by Gasteiger charge is -2.15. The molecular formula is C8H12O. The molecule has 0 aromatic carbocycles. The molecule has 0 unspecified atom stereocenters. The Kier molecular flexibility index (Phi) is 1.93. The standard InChI is InChI=1S/C8H12O/c1-7(9)8-5-3-2-4-6-8/h2-3,8-9H,1,4-6H2/t8-/m0/s1. The van der Waals surface area contributed by atoms with E-state index in [0.717, 1.165) is 19.3 Å². The Morgan fingerprint density at radius 1 is 1.56 bits per heavy atom. The van der Waals surface area contributed by atoms with Gasteiger partial charge in [-0.25, -0.2) is 0 Å². The molecule has 1 rings (SSSR count). The summed E-state index contributed by atoms with van der Waals surface area (Å²) < 4.78 is 0. The lowest BCUT2D eigenvalue weighted by molar-refractivity contribution is 0.319. The monoisotopic (exact) mass is 124 g/mol. The zero-order valence-corrected chi connectivity index (χ0v) is 5.51. The normalized spacial score (nSPS) is 26.0. The van der Waals surface area contributed by atoms with Crippen molar-refractivity contribution in [1.29, 1.82) is 0 Å². The molecule has 0 aliphatic heterocycles. The smallest absolute Gasteiger partial charge is 0.0885 e. The highest BCUT2D eigenvalue weighted by molar-refractivity contribution is 4.99. The molecule has 0 saturated carbocycles. The van der Waals surface area contributed by atoms with Crippen LogP contribution < -0.4 is 0 Å². The molecule has 1 aliphatic carbocycles. The third-order valence-electron chi connectivity index (χ3n) is 1.74. The Balaban J connectivity index is 2.44. The highest BCUT2D eigenvalue weighted by atomic mass is 16.3. The summed E-state index contributed by atoms with van der Waals surface area (Å²) in [4.78, 5) is 0. The van der Waals surface area contributed by atoms with Crippen molar-refractivity contribution in [2.45, 2.75) is 19.3 Å². The lowest BCUT2D eigenvalue weighted by Crippen LogP contribution is -2.03. The quantitative estimate of drug-likeness (QED) is 0.420. The first-order chi connectivity index (χ1) is 4.30. The number of aliphatic hydroxyl groups is 1. The van der Waals surface area contributed by atoms with Crippen LogP contribution in [0.15, 0.2) is 24.5 Å². The van der Waals surface area contributed by atoms with Gasteiger partial charge in [0.2, 0.25) is 0 Å². The molecule has 0 bridgehead atoms. The maximum Gasteiger partial charge on any atom is 0.0885 e. The Morgan fingerprint density at radius 3 is 2.67 bits per heavy atom. The summed E-state index contributed by atoms with van der Waals surface area (Å²) in [5, 5.41) is 8.95. The summed E-state index contributed by atoms with van der Waals surface area (Å²) in [5.74, 6) is 0.675. The van der Waals surface area contributed by atoms with Crippen LogP contribution in [-0.2, 0) is 0 Å². The summed E-state index contributed by atoms with van der Waals surface area (Å²) in [6.45, 7) is 3.50. The zero-order valence-electron chi connectivity index (χ0n) is 5.51. The second kappa shape index (κ2) is 2.72. The summed E-state index contributed by atoms with van der Waals surface area (Å²) in [5.41, 5.74) is 0. The van der Waals surface area contributed by atoms with Gasteiger partial charge in [0.15, 0.2) is 0 Å². The van der Waals surface area contributed by atoms with Crippen molar-refractivity contribution in [3.8, 4) is 0 Å². The van der Waals surface area contributed by atoms with Crippen LogP contribution in [0.3, 0.4) is 0 Å². The largest absolute Gasteiger partial charge is 0.513 e. The third-order valence-corrected chi connectivity index (χ3v) is 1.74. The maximum atomic E-state index is 8.95. The molecule has 0 radical (unpaired) electrons. The van der Waals surface area contributed by atoms with Gasteiger partial charge in [0.1, 0.15) is 0 Å². The van der Waals surface area contributed by atoms with E-state index in [2.05, 4.69) is 18.7 Å². The van der Waals surface area contributed by atoms with E-state index in [-0.39, 0.29) is 0 Å². The number of rotatable bonds is 1. The molecule has 0 aromatic heterocycles. The zero-order chi connectivity index (χ0) is 6.69. The van der Waals surface area contributed by atoms with Crippen LogP contribution in [0.1, 0.15) is 19.3 Å². The van der Waals surface area contributed by atoms with Crippen LogP contribution in [0.4, 0.5) is 0 Å².